The first-order chi connectivity index (χ1) is 10.2. The average Bonchev–Trinajstić information content (AvgIpc) is 2.41. The first kappa shape index (κ1) is 17.2. The van der Waals surface area contributed by atoms with Crippen LogP contribution in [0.1, 0.15) is 26.5 Å². The molecule has 0 atom stereocenters. The molecule has 0 saturated carbocycles. The molecule has 1 heterocycles. The molecule has 0 aromatic carbocycles. The molecule has 0 spiro atoms. The summed E-state index contributed by atoms with van der Waals surface area (Å²) in [5.41, 5.74) is -0.870. The van der Waals surface area contributed by atoms with Crippen molar-refractivity contribution in [1.82, 2.24) is 10.3 Å². The first-order valence-corrected chi connectivity index (χ1v) is 6.38. The number of aromatic nitrogens is 1. The third kappa shape index (κ3) is 5.66. The number of hydrogen-bond donors (Lipinski definition) is 1. The number of alkyl carbamates (subject to hydrolysis) is 1. The van der Waals surface area contributed by atoms with Crippen molar-refractivity contribution in [3.63, 3.8) is 0 Å². The fourth-order valence-corrected chi connectivity index (χ4v) is 1.35. The maximum atomic E-state index is 11.4. The number of pyridine rings is 1. The van der Waals surface area contributed by atoms with Gasteiger partial charge in [0.25, 0.3) is 0 Å². The minimum Gasteiger partial charge on any atom is -0.481 e. The zero-order valence-corrected chi connectivity index (χ0v) is 12.8. The SMILES string of the molecule is COc1ccc([N+](=O)[O-])c(C#CCNC(=O)OC(C)(C)C)n1. The van der Waals surface area contributed by atoms with E-state index in [1.165, 1.54) is 19.2 Å². The average molecular weight is 307 g/mol. The maximum Gasteiger partial charge on any atom is 0.408 e. The molecule has 0 aliphatic heterocycles. The zero-order valence-electron chi connectivity index (χ0n) is 12.8. The third-order valence-corrected chi connectivity index (χ3v) is 2.18. The number of nitrogens with zero attached hydrogens (tertiary/aromatic N) is 2. The van der Waals surface area contributed by atoms with Crippen molar-refractivity contribution in [3.8, 4) is 17.7 Å². The highest BCUT2D eigenvalue weighted by molar-refractivity contribution is 5.68. The molecule has 1 rings (SSSR count). The molecule has 1 amide bonds. The normalized spacial score (nSPS) is 10.2. The van der Waals surface area contributed by atoms with E-state index in [9.17, 15) is 14.9 Å². The van der Waals surface area contributed by atoms with Crippen LogP contribution < -0.4 is 10.1 Å². The summed E-state index contributed by atoms with van der Waals surface area (Å²) in [6.45, 7) is 5.19. The molecule has 118 valence electrons. The molecule has 0 aliphatic carbocycles. The highest BCUT2D eigenvalue weighted by atomic mass is 16.6. The molecule has 0 fully saturated rings. The highest BCUT2D eigenvalue weighted by Crippen LogP contribution is 2.18. The van der Waals surface area contributed by atoms with Gasteiger partial charge in [0, 0.05) is 12.1 Å². The van der Waals surface area contributed by atoms with Crippen molar-refractivity contribution >= 4 is 11.8 Å². The molecular formula is C14H17N3O5. The van der Waals surface area contributed by atoms with Crippen LogP contribution in [0, 0.1) is 22.0 Å². The molecule has 0 saturated heterocycles. The van der Waals surface area contributed by atoms with E-state index in [-0.39, 0.29) is 23.8 Å². The number of methoxy groups -OCH3 is 1. The molecule has 8 heteroatoms. The van der Waals surface area contributed by atoms with Crippen LogP contribution in [0.3, 0.4) is 0 Å². The van der Waals surface area contributed by atoms with Crippen LogP contribution in [0.2, 0.25) is 0 Å². The van der Waals surface area contributed by atoms with Gasteiger partial charge in [0.05, 0.1) is 18.6 Å². The number of amides is 1. The predicted molar refractivity (Wildman–Crippen MR) is 78.6 cm³/mol. The smallest absolute Gasteiger partial charge is 0.408 e. The van der Waals surface area contributed by atoms with Gasteiger partial charge in [0.2, 0.25) is 5.88 Å². The number of rotatable bonds is 3. The summed E-state index contributed by atoms with van der Waals surface area (Å²) < 4.78 is 9.92. The van der Waals surface area contributed by atoms with Gasteiger partial charge in [-0.15, -0.1) is 0 Å². The Hall–Kier alpha value is -2.82. The second-order valence-corrected chi connectivity index (χ2v) is 5.14. The van der Waals surface area contributed by atoms with Gasteiger partial charge in [0.1, 0.15) is 5.60 Å². The van der Waals surface area contributed by atoms with Crippen molar-refractivity contribution in [1.29, 1.82) is 0 Å². The summed E-state index contributed by atoms with van der Waals surface area (Å²) in [5.74, 6) is 5.33. The molecule has 22 heavy (non-hydrogen) atoms. The van der Waals surface area contributed by atoms with E-state index in [1.807, 2.05) is 0 Å². The van der Waals surface area contributed by atoms with E-state index < -0.39 is 16.6 Å². The molecule has 0 bridgehead atoms. The molecule has 1 aromatic rings. The molecule has 1 aromatic heterocycles. The molecule has 8 nitrogen and oxygen atoms in total. The Morgan fingerprint density at radius 1 is 1.45 bits per heavy atom. The van der Waals surface area contributed by atoms with Crippen LogP contribution in [0.25, 0.3) is 0 Å². The largest absolute Gasteiger partial charge is 0.481 e. The number of carbonyl (C=O) groups excluding carboxylic acids is 1. The minimum atomic E-state index is -0.616. The Morgan fingerprint density at radius 3 is 2.68 bits per heavy atom. The van der Waals surface area contributed by atoms with Crippen LogP contribution in [0.15, 0.2) is 12.1 Å². The summed E-state index contributed by atoms with van der Waals surface area (Å²) in [5, 5.41) is 13.3. The first-order valence-electron chi connectivity index (χ1n) is 6.38. The molecule has 0 unspecified atom stereocenters. The topological polar surface area (TPSA) is 104 Å². The number of ether oxygens (including phenoxy) is 2. The van der Waals surface area contributed by atoms with Gasteiger partial charge in [-0.3, -0.25) is 10.1 Å². The van der Waals surface area contributed by atoms with Crippen LogP contribution >= 0.6 is 0 Å². The van der Waals surface area contributed by atoms with E-state index in [1.54, 1.807) is 20.8 Å². The lowest BCUT2D eigenvalue weighted by Gasteiger charge is -2.18. The summed E-state index contributed by atoms with van der Waals surface area (Å²) in [4.78, 5) is 25.6. The lowest BCUT2D eigenvalue weighted by atomic mass is 10.2. The van der Waals surface area contributed by atoms with Gasteiger partial charge in [-0.05, 0) is 26.7 Å². The fourth-order valence-electron chi connectivity index (χ4n) is 1.35. The van der Waals surface area contributed by atoms with Crippen molar-refractivity contribution < 1.29 is 19.2 Å². The standard InChI is InChI=1S/C14H17N3O5/c1-14(2,3)22-13(18)15-9-5-6-10-11(17(19)20)7-8-12(16-10)21-4/h7-8H,9H2,1-4H3,(H,15,18). The second-order valence-electron chi connectivity index (χ2n) is 5.14. The van der Waals surface area contributed by atoms with Crippen molar-refractivity contribution in [2.24, 2.45) is 0 Å². The molecule has 0 radical (unpaired) electrons. The van der Waals surface area contributed by atoms with Crippen LogP contribution in [0.5, 0.6) is 5.88 Å². The van der Waals surface area contributed by atoms with Crippen molar-refractivity contribution in [2.75, 3.05) is 13.7 Å². The fraction of sp³-hybridized carbons (Fsp3) is 0.429. The monoisotopic (exact) mass is 307 g/mol. The lowest BCUT2D eigenvalue weighted by molar-refractivity contribution is -0.385. The highest BCUT2D eigenvalue weighted by Gasteiger charge is 2.16. The summed E-state index contributed by atoms with van der Waals surface area (Å²) in [7, 11) is 1.40. The predicted octanol–water partition coefficient (Wildman–Crippen LogP) is 1.87. The van der Waals surface area contributed by atoms with Gasteiger partial charge < -0.3 is 14.8 Å². The third-order valence-electron chi connectivity index (χ3n) is 2.18. The Balaban J connectivity index is 2.75. The summed E-state index contributed by atoms with van der Waals surface area (Å²) in [6.07, 6.45) is -0.616. The van der Waals surface area contributed by atoms with Crippen molar-refractivity contribution in [3.05, 3.63) is 27.9 Å². The van der Waals surface area contributed by atoms with Gasteiger partial charge in [-0.2, -0.15) is 4.98 Å². The quantitative estimate of drug-likeness (QED) is 0.519. The Bertz CT molecular complexity index is 626. The van der Waals surface area contributed by atoms with E-state index in [2.05, 4.69) is 22.1 Å². The minimum absolute atomic E-state index is 0.0229. The van der Waals surface area contributed by atoms with Crippen LogP contribution in [0.4, 0.5) is 10.5 Å². The van der Waals surface area contributed by atoms with Crippen LogP contribution in [-0.4, -0.2) is 35.3 Å². The Kier molecular flexibility index (Phi) is 5.69. The zero-order chi connectivity index (χ0) is 16.8. The van der Waals surface area contributed by atoms with Gasteiger partial charge in [-0.1, -0.05) is 5.92 Å². The Morgan fingerprint density at radius 2 is 2.14 bits per heavy atom. The van der Waals surface area contributed by atoms with Crippen molar-refractivity contribution in [2.45, 2.75) is 26.4 Å². The number of nitro groups is 1. The number of nitrogens with one attached hydrogen (secondary N) is 1. The van der Waals surface area contributed by atoms with Crippen LogP contribution in [-0.2, 0) is 4.74 Å². The van der Waals surface area contributed by atoms with E-state index in [4.69, 9.17) is 9.47 Å². The second kappa shape index (κ2) is 7.26. The molecule has 0 aliphatic rings. The van der Waals surface area contributed by atoms with E-state index in [0.717, 1.165) is 0 Å². The molecular weight excluding hydrogens is 290 g/mol. The van der Waals surface area contributed by atoms with E-state index in [0.29, 0.717) is 0 Å². The lowest BCUT2D eigenvalue weighted by Crippen LogP contribution is -2.32. The number of carbonyl (C=O) groups is 1. The Labute approximate surface area is 128 Å². The summed E-state index contributed by atoms with van der Waals surface area (Å²) in [6, 6.07) is 2.64. The van der Waals surface area contributed by atoms with Gasteiger partial charge in [0.15, 0.2) is 5.69 Å². The maximum absolute atomic E-state index is 11.4. The van der Waals surface area contributed by atoms with Gasteiger partial charge >= 0.3 is 11.8 Å². The molecule has 1 N–H and O–H groups in total. The number of hydrogen-bond acceptors (Lipinski definition) is 6. The van der Waals surface area contributed by atoms with E-state index >= 15 is 0 Å². The summed E-state index contributed by atoms with van der Waals surface area (Å²) >= 11 is 0. The van der Waals surface area contributed by atoms with Gasteiger partial charge in [-0.25, -0.2) is 4.79 Å².